The maximum Gasteiger partial charge on any atom is 0.514 e. The van der Waals surface area contributed by atoms with Gasteiger partial charge in [0.2, 0.25) is 0 Å². The first-order valence-electron chi connectivity index (χ1n) is 9.66. The van der Waals surface area contributed by atoms with E-state index in [1.807, 2.05) is 42.5 Å². The lowest BCUT2D eigenvalue weighted by atomic mass is 9.99. The highest BCUT2D eigenvalue weighted by Gasteiger charge is 2.24. The van der Waals surface area contributed by atoms with E-state index in [4.69, 9.17) is 14.2 Å². The molecule has 0 fully saturated rings. The molecule has 154 valence electrons. The molecule has 0 unspecified atom stereocenters. The van der Waals surface area contributed by atoms with Crippen LogP contribution >= 0.6 is 0 Å². The summed E-state index contributed by atoms with van der Waals surface area (Å²) in [5.74, 6) is -0.106. The van der Waals surface area contributed by atoms with Gasteiger partial charge in [0, 0.05) is 0 Å². The molecular formula is C25H24O5. The molecule has 0 saturated carbocycles. The highest BCUT2D eigenvalue weighted by molar-refractivity contribution is 5.96. The van der Waals surface area contributed by atoms with Crippen LogP contribution in [0.3, 0.4) is 0 Å². The third-order valence-corrected chi connectivity index (χ3v) is 4.09. The number of para-hydroxylation sites is 1. The van der Waals surface area contributed by atoms with Gasteiger partial charge >= 0.3 is 12.1 Å². The van der Waals surface area contributed by atoms with Crippen molar-refractivity contribution in [3.8, 4) is 11.5 Å². The van der Waals surface area contributed by atoms with Crippen molar-refractivity contribution in [3.05, 3.63) is 95.6 Å². The summed E-state index contributed by atoms with van der Waals surface area (Å²) in [7, 11) is 0. The van der Waals surface area contributed by atoms with Crippen molar-refractivity contribution >= 4 is 12.1 Å². The summed E-state index contributed by atoms with van der Waals surface area (Å²) in [5.41, 5.74) is 1.17. The van der Waals surface area contributed by atoms with Gasteiger partial charge in [-0.15, -0.1) is 0 Å². The number of esters is 1. The summed E-state index contributed by atoms with van der Waals surface area (Å²) >= 11 is 0. The zero-order valence-corrected chi connectivity index (χ0v) is 17.3. The van der Waals surface area contributed by atoms with Gasteiger partial charge in [0.1, 0.15) is 22.7 Å². The van der Waals surface area contributed by atoms with E-state index in [-0.39, 0.29) is 11.3 Å². The summed E-state index contributed by atoms with van der Waals surface area (Å²) in [6.07, 6.45) is -0.404. The number of benzene rings is 3. The molecule has 0 radical (unpaired) electrons. The second-order valence-electron chi connectivity index (χ2n) is 7.72. The van der Waals surface area contributed by atoms with Crippen LogP contribution in [0.2, 0.25) is 0 Å². The van der Waals surface area contributed by atoms with Crippen LogP contribution in [-0.2, 0) is 11.2 Å². The number of ether oxygens (including phenoxy) is 3. The van der Waals surface area contributed by atoms with Gasteiger partial charge in [-0.1, -0.05) is 60.7 Å². The Morgan fingerprint density at radius 1 is 0.767 bits per heavy atom. The summed E-state index contributed by atoms with van der Waals surface area (Å²) in [6.45, 7) is 5.22. The van der Waals surface area contributed by atoms with Crippen molar-refractivity contribution in [1.82, 2.24) is 0 Å². The Labute approximate surface area is 176 Å². The van der Waals surface area contributed by atoms with Gasteiger partial charge in [0.15, 0.2) is 0 Å². The van der Waals surface area contributed by atoms with Crippen molar-refractivity contribution in [2.45, 2.75) is 32.8 Å². The predicted molar refractivity (Wildman–Crippen MR) is 114 cm³/mol. The van der Waals surface area contributed by atoms with Crippen molar-refractivity contribution in [3.63, 3.8) is 0 Å². The molecule has 3 rings (SSSR count). The highest BCUT2D eigenvalue weighted by Crippen LogP contribution is 2.27. The Morgan fingerprint density at radius 2 is 1.40 bits per heavy atom. The maximum atomic E-state index is 13.1. The normalized spacial score (nSPS) is 10.9. The minimum atomic E-state index is -0.881. The molecule has 0 aromatic heterocycles. The van der Waals surface area contributed by atoms with Crippen molar-refractivity contribution in [2.24, 2.45) is 0 Å². The van der Waals surface area contributed by atoms with Crippen LogP contribution in [0.25, 0.3) is 0 Å². The van der Waals surface area contributed by atoms with E-state index in [0.717, 1.165) is 5.56 Å². The quantitative estimate of drug-likeness (QED) is 0.305. The molecule has 0 bridgehead atoms. The summed E-state index contributed by atoms with van der Waals surface area (Å²) in [4.78, 5) is 25.3. The van der Waals surface area contributed by atoms with Crippen molar-refractivity contribution in [1.29, 1.82) is 0 Å². The zero-order chi connectivity index (χ0) is 21.6. The van der Waals surface area contributed by atoms with E-state index in [2.05, 4.69) is 0 Å². The number of carbonyl (C=O) groups is 2. The summed E-state index contributed by atoms with van der Waals surface area (Å²) in [5, 5.41) is 0. The largest absolute Gasteiger partial charge is 0.514 e. The molecule has 0 aliphatic rings. The van der Waals surface area contributed by atoms with Crippen LogP contribution in [-0.4, -0.2) is 17.7 Å². The summed E-state index contributed by atoms with van der Waals surface area (Å²) in [6, 6.07) is 23.6. The third-order valence-electron chi connectivity index (χ3n) is 4.09. The molecule has 0 spiro atoms. The molecule has 30 heavy (non-hydrogen) atoms. The molecule has 3 aromatic carbocycles. The Morgan fingerprint density at radius 3 is 2.03 bits per heavy atom. The van der Waals surface area contributed by atoms with Crippen LogP contribution in [0.5, 0.6) is 11.5 Å². The smallest absolute Gasteiger partial charge is 0.428 e. The first-order valence-corrected chi connectivity index (χ1v) is 9.66. The number of rotatable bonds is 5. The Bertz CT molecular complexity index is 1000. The first kappa shape index (κ1) is 21.1. The number of hydrogen-bond acceptors (Lipinski definition) is 5. The highest BCUT2D eigenvalue weighted by atomic mass is 16.7. The monoisotopic (exact) mass is 404 g/mol. The predicted octanol–water partition coefficient (Wildman–Crippen LogP) is 5.81. The van der Waals surface area contributed by atoms with Gasteiger partial charge in [0.05, 0.1) is 0 Å². The molecule has 0 amide bonds. The van der Waals surface area contributed by atoms with Gasteiger partial charge in [-0.2, -0.15) is 0 Å². The lowest BCUT2D eigenvalue weighted by molar-refractivity contribution is 0.0204. The molecule has 3 aromatic rings. The number of hydrogen-bond donors (Lipinski definition) is 0. The van der Waals surface area contributed by atoms with Gasteiger partial charge in [0.25, 0.3) is 0 Å². The fraction of sp³-hybridized carbons (Fsp3) is 0.200. The van der Waals surface area contributed by atoms with Gasteiger partial charge in [-0.25, -0.2) is 9.59 Å². The van der Waals surface area contributed by atoms with E-state index >= 15 is 0 Å². The molecule has 5 nitrogen and oxygen atoms in total. The fourth-order valence-electron chi connectivity index (χ4n) is 2.86. The lowest BCUT2D eigenvalue weighted by Gasteiger charge is -2.20. The minimum Gasteiger partial charge on any atom is -0.428 e. The first-order chi connectivity index (χ1) is 14.3. The van der Waals surface area contributed by atoms with Gasteiger partial charge in [-0.05, 0) is 56.5 Å². The number of carbonyl (C=O) groups excluding carboxylic acids is 2. The molecule has 0 aliphatic heterocycles. The standard InChI is InChI=1S/C25H24O5/c1-25(2,3)30-24(27)29-21-16-10-13-19(17-18-11-6-4-7-12-18)22(21)23(26)28-20-14-8-5-9-15-20/h4-16H,17H2,1-3H3. The zero-order valence-electron chi connectivity index (χ0n) is 17.3. The Kier molecular flexibility index (Phi) is 6.52. The summed E-state index contributed by atoms with van der Waals surface area (Å²) < 4.78 is 16.2. The average Bonchev–Trinajstić information content (AvgIpc) is 2.68. The van der Waals surface area contributed by atoms with E-state index in [1.54, 1.807) is 57.2 Å². The molecule has 0 aliphatic carbocycles. The van der Waals surface area contributed by atoms with Gasteiger partial charge in [-0.3, -0.25) is 0 Å². The van der Waals surface area contributed by atoms with Crippen molar-refractivity contribution in [2.75, 3.05) is 0 Å². The van der Waals surface area contributed by atoms with Crippen LogP contribution in [0.1, 0.15) is 42.3 Å². The molecular weight excluding hydrogens is 380 g/mol. The Hall–Kier alpha value is -3.60. The average molecular weight is 404 g/mol. The molecule has 0 saturated heterocycles. The van der Waals surface area contributed by atoms with E-state index in [0.29, 0.717) is 17.7 Å². The molecule has 0 N–H and O–H groups in total. The molecule has 0 atom stereocenters. The van der Waals surface area contributed by atoms with Crippen LogP contribution in [0, 0.1) is 0 Å². The third kappa shape index (κ3) is 5.95. The van der Waals surface area contributed by atoms with E-state index < -0.39 is 17.7 Å². The fourth-order valence-corrected chi connectivity index (χ4v) is 2.86. The second kappa shape index (κ2) is 9.27. The van der Waals surface area contributed by atoms with E-state index in [1.165, 1.54) is 0 Å². The van der Waals surface area contributed by atoms with Gasteiger partial charge < -0.3 is 14.2 Å². The topological polar surface area (TPSA) is 61.8 Å². The maximum absolute atomic E-state index is 13.1. The van der Waals surface area contributed by atoms with Crippen molar-refractivity contribution < 1.29 is 23.8 Å². The van der Waals surface area contributed by atoms with Crippen LogP contribution in [0.15, 0.2) is 78.9 Å². The SMILES string of the molecule is CC(C)(C)OC(=O)Oc1cccc(Cc2ccccc2)c1C(=O)Oc1ccccc1. The molecule has 0 heterocycles. The Balaban J connectivity index is 1.95. The lowest BCUT2D eigenvalue weighted by Crippen LogP contribution is -2.26. The van der Waals surface area contributed by atoms with E-state index in [9.17, 15) is 9.59 Å². The van der Waals surface area contributed by atoms with Crippen LogP contribution < -0.4 is 9.47 Å². The molecule has 5 heteroatoms. The minimum absolute atomic E-state index is 0.0959. The van der Waals surface area contributed by atoms with Crippen LogP contribution in [0.4, 0.5) is 4.79 Å². The second-order valence-corrected chi connectivity index (χ2v) is 7.72.